The van der Waals surface area contributed by atoms with Crippen molar-refractivity contribution in [3.63, 3.8) is 0 Å². The van der Waals surface area contributed by atoms with E-state index in [0.29, 0.717) is 17.7 Å². The van der Waals surface area contributed by atoms with Gasteiger partial charge in [-0.15, -0.1) is 0 Å². The molecule has 1 aromatic heterocycles. The highest BCUT2D eigenvalue weighted by molar-refractivity contribution is 6.08. The number of carbonyl (C=O) groups is 1. The van der Waals surface area contributed by atoms with Gasteiger partial charge in [0, 0.05) is 23.3 Å². The van der Waals surface area contributed by atoms with Gasteiger partial charge in [-0.2, -0.15) is 0 Å². The monoisotopic (exact) mass is 318 g/mol. The Hall–Kier alpha value is -2.94. The van der Waals surface area contributed by atoms with E-state index in [1.807, 2.05) is 83.7 Å². The van der Waals surface area contributed by atoms with Crippen LogP contribution in [0.25, 0.3) is 0 Å². The summed E-state index contributed by atoms with van der Waals surface area (Å²) in [6, 6.07) is 21.0. The van der Waals surface area contributed by atoms with Crippen molar-refractivity contribution < 1.29 is 14.1 Å². The third-order valence-electron chi connectivity index (χ3n) is 3.83. The summed E-state index contributed by atoms with van der Waals surface area (Å²) in [7, 11) is 0. The second-order valence-corrected chi connectivity index (χ2v) is 5.68. The van der Waals surface area contributed by atoms with E-state index in [9.17, 15) is 4.79 Å². The maximum Gasteiger partial charge on any atom is 0.193 e. The molecule has 0 aliphatic rings. The number of hydrogen-bond acceptors (Lipinski definition) is 2. The molecular weight excluding hydrogens is 298 g/mol. The molecule has 0 N–H and O–H groups in total. The van der Waals surface area contributed by atoms with Gasteiger partial charge in [-0.25, -0.2) is 4.57 Å². The maximum absolute atomic E-state index is 12.4. The molecular formula is C21H20NO2+. The van der Waals surface area contributed by atoms with Crippen molar-refractivity contribution in [3.05, 3.63) is 95.8 Å². The molecule has 3 aromatic rings. The Morgan fingerprint density at radius 3 is 2.17 bits per heavy atom. The van der Waals surface area contributed by atoms with Crippen molar-refractivity contribution in [1.29, 1.82) is 0 Å². The quantitative estimate of drug-likeness (QED) is 0.513. The van der Waals surface area contributed by atoms with E-state index in [-0.39, 0.29) is 5.78 Å². The number of hydrogen-bond donors (Lipinski definition) is 0. The van der Waals surface area contributed by atoms with Crippen molar-refractivity contribution in [2.75, 3.05) is 6.61 Å². The number of nitrogens with zero attached hydrogens (tertiary/aromatic N) is 1. The number of ketones is 1. The summed E-state index contributed by atoms with van der Waals surface area (Å²) in [4.78, 5) is 12.4. The number of pyridine rings is 1. The fourth-order valence-electron chi connectivity index (χ4n) is 2.42. The minimum Gasteiger partial charge on any atom is -0.487 e. The molecule has 3 nitrogen and oxygen atoms in total. The number of benzene rings is 2. The van der Waals surface area contributed by atoms with Crippen LogP contribution >= 0.6 is 0 Å². The van der Waals surface area contributed by atoms with Crippen LogP contribution < -0.4 is 9.30 Å². The largest absolute Gasteiger partial charge is 0.487 e. The predicted octanol–water partition coefficient (Wildman–Crippen LogP) is 3.59. The molecule has 3 rings (SSSR count). The lowest BCUT2D eigenvalue weighted by Crippen LogP contribution is -2.36. The molecule has 0 bridgehead atoms. The molecule has 120 valence electrons. The van der Waals surface area contributed by atoms with Gasteiger partial charge in [-0.3, -0.25) is 4.79 Å². The van der Waals surface area contributed by atoms with Crippen LogP contribution in [-0.2, 0) is 6.54 Å². The minimum atomic E-state index is 0.0404. The molecule has 0 aliphatic carbocycles. The standard InChI is InChI=1S/C21H20NO2/c1-17-7-9-20(10-8-17)24-16-15-22-13-11-19(12-14-22)21(23)18-5-3-2-4-6-18/h2-14H,15-16H2,1H3/q+1. The Kier molecular flexibility index (Phi) is 5.02. The third kappa shape index (κ3) is 4.07. The number of rotatable bonds is 6. The number of aromatic nitrogens is 1. The fraction of sp³-hybridized carbons (Fsp3) is 0.143. The SMILES string of the molecule is Cc1ccc(OCC[n+]2ccc(C(=O)c3ccccc3)cc2)cc1. The predicted molar refractivity (Wildman–Crippen MR) is 93.2 cm³/mol. The Labute approximate surface area is 142 Å². The molecule has 3 heteroatoms. The number of ether oxygens (including phenoxy) is 1. The van der Waals surface area contributed by atoms with Gasteiger partial charge in [0.05, 0.1) is 0 Å². The highest BCUT2D eigenvalue weighted by atomic mass is 16.5. The average molecular weight is 318 g/mol. The number of carbonyl (C=O) groups excluding carboxylic acids is 1. The van der Waals surface area contributed by atoms with Crippen molar-refractivity contribution in [3.8, 4) is 5.75 Å². The highest BCUT2D eigenvalue weighted by Gasteiger charge is 2.10. The summed E-state index contributed by atoms with van der Waals surface area (Å²) in [6.07, 6.45) is 3.82. The molecule has 24 heavy (non-hydrogen) atoms. The first-order valence-corrected chi connectivity index (χ1v) is 8.01. The first kappa shape index (κ1) is 15.9. The van der Waals surface area contributed by atoms with Crippen LogP contribution in [0.2, 0.25) is 0 Å². The van der Waals surface area contributed by atoms with Gasteiger partial charge < -0.3 is 4.74 Å². The lowest BCUT2D eigenvalue weighted by atomic mass is 10.0. The van der Waals surface area contributed by atoms with Crippen LogP contribution in [0.3, 0.4) is 0 Å². The zero-order chi connectivity index (χ0) is 16.8. The zero-order valence-corrected chi connectivity index (χ0v) is 13.7. The second kappa shape index (κ2) is 7.55. The molecule has 0 saturated heterocycles. The summed E-state index contributed by atoms with van der Waals surface area (Å²) in [5.74, 6) is 0.913. The molecule has 0 fully saturated rings. The third-order valence-corrected chi connectivity index (χ3v) is 3.83. The molecule has 0 amide bonds. The van der Waals surface area contributed by atoms with E-state index < -0.39 is 0 Å². The Bertz CT molecular complexity index is 794. The summed E-state index contributed by atoms with van der Waals surface area (Å²) >= 11 is 0. The normalized spacial score (nSPS) is 10.4. The van der Waals surface area contributed by atoms with Crippen LogP contribution in [0.1, 0.15) is 21.5 Å². The average Bonchev–Trinajstić information content (AvgIpc) is 2.64. The topological polar surface area (TPSA) is 30.2 Å². The summed E-state index contributed by atoms with van der Waals surface area (Å²) in [6.45, 7) is 3.37. The van der Waals surface area contributed by atoms with Crippen molar-refractivity contribution in [2.45, 2.75) is 13.5 Å². The smallest absolute Gasteiger partial charge is 0.193 e. The molecule has 0 unspecified atom stereocenters. The van der Waals surface area contributed by atoms with Crippen molar-refractivity contribution in [1.82, 2.24) is 0 Å². The Balaban J connectivity index is 1.56. The van der Waals surface area contributed by atoms with Gasteiger partial charge in [-0.1, -0.05) is 48.0 Å². The molecule has 0 radical (unpaired) electrons. The maximum atomic E-state index is 12.4. The minimum absolute atomic E-state index is 0.0404. The Morgan fingerprint density at radius 1 is 0.875 bits per heavy atom. The van der Waals surface area contributed by atoms with Crippen LogP contribution in [0.5, 0.6) is 5.75 Å². The van der Waals surface area contributed by atoms with E-state index >= 15 is 0 Å². The van der Waals surface area contributed by atoms with E-state index in [2.05, 4.69) is 6.92 Å². The fourth-order valence-corrected chi connectivity index (χ4v) is 2.42. The molecule has 0 saturated carbocycles. The van der Waals surface area contributed by atoms with Gasteiger partial charge >= 0.3 is 0 Å². The van der Waals surface area contributed by atoms with Gasteiger partial charge in [0.2, 0.25) is 0 Å². The van der Waals surface area contributed by atoms with Crippen LogP contribution in [0.4, 0.5) is 0 Å². The Morgan fingerprint density at radius 2 is 1.50 bits per heavy atom. The van der Waals surface area contributed by atoms with Gasteiger partial charge in [-0.05, 0) is 19.1 Å². The zero-order valence-electron chi connectivity index (χ0n) is 13.7. The molecule has 2 aromatic carbocycles. The van der Waals surface area contributed by atoms with Crippen LogP contribution in [-0.4, -0.2) is 12.4 Å². The summed E-state index contributed by atoms with van der Waals surface area (Å²) < 4.78 is 7.73. The number of aryl methyl sites for hydroxylation is 1. The molecule has 0 spiro atoms. The van der Waals surface area contributed by atoms with E-state index in [0.717, 1.165) is 12.3 Å². The van der Waals surface area contributed by atoms with Crippen LogP contribution in [0.15, 0.2) is 79.1 Å². The summed E-state index contributed by atoms with van der Waals surface area (Å²) in [5.41, 5.74) is 2.62. The first-order chi connectivity index (χ1) is 11.7. The van der Waals surface area contributed by atoms with Gasteiger partial charge in [0.15, 0.2) is 24.7 Å². The van der Waals surface area contributed by atoms with Crippen molar-refractivity contribution in [2.24, 2.45) is 0 Å². The lowest BCUT2D eigenvalue weighted by molar-refractivity contribution is -0.697. The first-order valence-electron chi connectivity index (χ1n) is 8.01. The molecule has 0 aliphatic heterocycles. The second-order valence-electron chi connectivity index (χ2n) is 5.68. The molecule has 0 atom stereocenters. The van der Waals surface area contributed by atoms with E-state index in [4.69, 9.17) is 4.74 Å². The van der Waals surface area contributed by atoms with Crippen LogP contribution in [0, 0.1) is 6.92 Å². The van der Waals surface area contributed by atoms with Crippen molar-refractivity contribution >= 4 is 5.78 Å². The highest BCUT2D eigenvalue weighted by Crippen LogP contribution is 2.11. The van der Waals surface area contributed by atoms with E-state index in [1.54, 1.807) is 0 Å². The van der Waals surface area contributed by atoms with E-state index in [1.165, 1.54) is 5.56 Å². The van der Waals surface area contributed by atoms with Gasteiger partial charge in [0.25, 0.3) is 0 Å². The van der Waals surface area contributed by atoms with Gasteiger partial charge in [0.1, 0.15) is 12.4 Å². The molecule has 1 heterocycles. The lowest BCUT2D eigenvalue weighted by Gasteiger charge is -2.05. The summed E-state index contributed by atoms with van der Waals surface area (Å²) in [5, 5.41) is 0.